The average molecular weight is 277 g/mol. The summed E-state index contributed by atoms with van der Waals surface area (Å²) in [5.74, 6) is -1.17. The van der Waals surface area contributed by atoms with E-state index in [9.17, 15) is 13.6 Å². The SMILES string of the molecule is O=c1[nH]c(Nc2cc(F)cc(F)c2)nc2c1CCCC2. The Labute approximate surface area is 113 Å². The highest BCUT2D eigenvalue weighted by molar-refractivity contribution is 5.53. The highest BCUT2D eigenvalue weighted by Crippen LogP contribution is 2.19. The predicted octanol–water partition coefficient (Wildman–Crippen LogP) is 2.67. The molecule has 2 aromatic rings. The van der Waals surface area contributed by atoms with E-state index in [1.54, 1.807) is 0 Å². The maximum absolute atomic E-state index is 13.1. The van der Waals surface area contributed by atoms with Crippen molar-refractivity contribution >= 4 is 11.6 Å². The summed E-state index contributed by atoms with van der Waals surface area (Å²) in [6.45, 7) is 0. The van der Waals surface area contributed by atoms with Gasteiger partial charge in [-0.15, -0.1) is 0 Å². The Kier molecular flexibility index (Phi) is 3.22. The van der Waals surface area contributed by atoms with E-state index in [4.69, 9.17) is 0 Å². The molecule has 1 aliphatic rings. The molecule has 20 heavy (non-hydrogen) atoms. The molecule has 0 aliphatic heterocycles. The number of benzene rings is 1. The minimum absolute atomic E-state index is 0.186. The van der Waals surface area contributed by atoms with Crippen LogP contribution in [0.15, 0.2) is 23.0 Å². The fourth-order valence-electron chi connectivity index (χ4n) is 2.43. The maximum Gasteiger partial charge on any atom is 0.255 e. The summed E-state index contributed by atoms with van der Waals surface area (Å²) in [5, 5.41) is 2.73. The second kappa shape index (κ2) is 5.03. The number of rotatable bonds is 2. The van der Waals surface area contributed by atoms with Crippen molar-refractivity contribution in [3.05, 3.63) is 51.4 Å². The van der Waals surface area contributed by atoms with Crippen LogP contribution in [0.4, 0.5) is 20.4 Å². The molecule has 4 nitrogen and oxygen atoms in total. The van der Waals surface area contributed by atoms with Crippen molar-refractivity contribution in [2.75, 3.05) is 5.32 Å². The molecule has 0 bridgehead atoms. The summed E-state index contributed by atoms with van der Waals surface area (Å²) in [6, 6.07) is 3.07. The molecule has 1 aromatic heterocycles. The highest BCUT2D eigenvalue weighted by Gasteiger charge is 2.15. The molecule has 0 saturated carbocycles. The van der Waals surface area contributed by atoms with Gasteiger partial charge in [-0.25, -0.2) is 13.8 Å². The molecule has 3 rings (SSSR count). The Hall–Kier alpha value is -2.24. The Morgan fingerprint density at radius 2 is 1.80 bits per heavy atom. The number of halogens is 2. The van der Waals surface area contributed by atoms with E-state index in [0.717, 1.165) is 49.6 Å². The standard InChI is InChI=1S/C14H13F2N3O/c15-8-5-9(16)7-10(6-8)17-14-18-12-4-2-1-3-11(12)13(20)19-14/h5-7H,1-4H2,(H2,17,18,19,20). The molecule has 2 N–H and O–H groups in total. The number of hydrogen-bond donors (Lipinski definition) is 2. The van der Waals surface area contributed by atoms with Gasteiger partial charge in [0.2, 0.25) is 5.95 Å². The first kappa shape index (κ1) is 12.8. The van der Waals surface area contributed by atoms with Gasteiger partial charge >= 0.3 is 0 Å². The van der Waals surface area contributed by atoms with Crippen molar-refractivity contribution in [1.82, 2.24) is 9.97 Å². The van der Waals surface area contributed by atoms with Gasteiger partial charge in [-0.1, -0.05) is 0 Å². The first-order valence-electron chi connectivity index (χ1n) is 6.47. The topological polar surface area (TPSA) is 57.8 Å². The van der Waals surface area contributed by atoms with E-state index in [2.05, 4.69) is 15.3 Å². The van der Waals surface area contributed by atoms with Crippen LogP contribution in [0.1, 0.15) is 24.1 Å². The van der Waals surface area contributed by atoms with Crippen LogP contribution in [0.25, 0.3) is 0 Å². The zero-order valence-electron chi connectivity index (χ0n) is 10.7. The van der Waals surface area contributed by atoms with E-state index in [1.165, 1.54) is 0 Å². The van der Waals surface area contributed by atoms with Crippen LogP contribution in [0.5, 0.6) is 0 Å². The smallest absolute Gasteiger partial charge is 0.255 e. The maximum atomic E-state index is 13.1. The van der Waals surface area contributed by atoms with Gasteiger partial charge < -0.3 is 5.32 Å². The number of anilines is 2. The summed E-state index contributed by atoms with van der Waals surface area (Å²) in [7, 11) is 0. The molecule has 1 aliphatic carbocycles. The number of aromatic amines is 1. The number of nitrogens with zero attached hydrogens (tertiary/aromatic N) is 1. The molecule has 104 valence electrons. The third-order valence-corrected chi connectivity index (χ3v) is 3.32. The molecule has 0 fully saturated rings. The van der Waals surface area contributed by atoms with Gasteiger partial charge in [0.25, 0.3) is 5.56 Å². The lowest BCUT2D eigenvalue weighted by atomic mass is 9.97. The number of aromatic nitrogens is 2. The number of nitrogens with one attached hydrogen (secondary N) is 2. The van der Waals surface area contributed by atoms with Crippen molar-refractivity contribution in [2.45, 2.75) is 25.7 Å². The highest BCUT2D eigenvalue weighted by atomic mass is 19.1. The summed E-state index contributed by atoms with van der Waals surface area (Å²) in [4.78, 5) is 18.8. The Balaban J connectivity index is 1.95. The van der Waals surface area contributed by atoms with E-state index in [0.29, 0.717) is 5.56 Å². The first-order chi connectivity index (χ1) is 9.61. The van der Waals surface area contributed by atoms with Crippen LogP contribution in [-0.4, -0.2) is 9.97 Å². The van der Waals surface area contributed by atoms with Crippen molar-refractivity contribution in [2.24, 2.45) is 0 Å². The van der Waals surface area contributed by atoms with Crippen LogP contribution in [-0.2, 0) is 12.8 Å². The zero-order valence-corrected chi connectivity index (χ0v) is 10.7. The Morgan fingerprint density at radius 1 is 1.10 bits per heavy atom. The van der Waals surface area contributed by atoms with Gasteiger partial charge in [0.15, 0.2) is 0 Å². The average Bonchev–Trinajstić information content (AvgIpc) is 2.37. The predicted molar refractivity (Wildman–Crippen MR) is 71.1 cm³/mol. The minimum atomic E-state index is -0.687. The van der Waals surface area contributed by atoms with Gasteiger partial charge in [0.1, 0.15) is 11.6 Å². The Morgan fingerprint density at radius 3 is 2.55 bits per heavy atom. The number of hydrogen-bond acceptors (Lipinski definition) is 3. The van der Waals surface area contributed by atoms with Crippen LogP contribution in [0, 0.1) is 11.6 Å². The number of H-pyrrole nitrogens is 1. The lowest BCUT2D eigenvalue weighted by molar-refractivity contribution is 0.584. The third-order valence-electron chi connectivity index (χ3n) is 3.32. The molecule has 1 heterocycles. The Bertz CT molecular complexity index is 692. The lowest BCUT2D eigenvalue weighted by Gasteiger charge is -2.15. The lowest BCUT2D eigenvalue weighted by Crippen LogP contribution is -2.22. The van der Waals surface area contributed by atoms with Crippen LogP contribution < -0.4 is 10.9 Å². The van der Waals surface area contributed by atoms with Gasteiger partial charge in [-0.05, 0) is 37.8 Å². The largest absolute Gasteiger partial charge is 0.325 e. The van der Waals surface area contributed by atoms with Gasteiger partial charge in [0, 0.05) is 17.3 Å². The molecule has 0 radical (unpaired) electrons. The molecule has 0 atom stereocenters. The second-order valence-corrected chi connectivity index (χ2v) is 4.83. The van der Waals surface area contributed by atoms with Gasteiger partial charge in [-0.3, -0.25) is 9.78 Å². The minimum Gasteiger partial charge on any atom is -0.325 e. The van der Waals surface area contributed by atoms with Gasteiger partial charge in [-0.2, -0.15) is 0 Å². The molecule has 1 aromatic carbocycles. The van der Waals surface area contributed by atoms with E-state index < -0.39 is 11.6 Å². The van der Waals surface area contributed by atoms with Crippen molar-refractivity contribution in [3.8, 4) is 0 Å². The van der Waals surface area contributed by atoms with Crippen molar-refractivity contribution in [1.29, 1.82) is 0 Å². The fourth-order valence-corrected chi connectivity index (χ4v) is 2.43. The van der Waals surface area contributed by atoms with E-state index in [-0.39, 0.29) is 17.2 Å². The molecule has 0 unspecified atom stereocenters. The van der Waals surface area contributed by atoms with E-state index >= 15 is 0 Å². The summed E-state index contributed by atoms with van der Waals surface area (Å²) in [5.41, 5.74) is 1.50. The van der Waals surface area contributed by atoms with Crippen molar-refractivity contribution in [3.63, 3.8) is 0 Å². The normalized spacial score (nSPS) is 13.9. The second-order valence-electron chi connectivity index (χ2n) is 4.83. The third kappa shape index (κ3) is 2.54. The van der Waals surface area contributed by atoms with Crippen LogP contribution in [0.2, 0.25) is 0 Å². The van der Waals surface area contributed by atoms with Crippen molar-refractivity contribution < 1.29 is 8.78 Å². The summed E-state index contributed by atoms with van der Waals surface area (Å²) < 4.78 is 26.2. The van der Waals surface area contributed by atoms with Crippen LogP contribution in [0.3, 0.4) is 0 Å². The van der Waals surface area contributed by atoms with Gasteiger partial charge in [0.05, 0.1) is 5.69 Å². The molecule has 0 spiro atoms. The number of fused-ring (bicyclic) bond motifs is 1. The molecule has 0 amide bonds. The molecular weight excluding hydrogens is 264 g/mol. The first-order valence-corrected chi connectivity index (χ1v) is 6.47. The summed E-state index contributed by atoms with van der Waals surface area (Å²) in [6.07, 6.45) is 3.47. The van der Waals surface area contributed by atoms with Crippen LogP contribution >= 0.6 is 0 Å². The molecule has 6 heteroatoms. The number of aryl methyl sites for hydroxylation is 1. The molecular formula is C14H13F2N3O. The fraction of sp³-hybridized carbons (Fsp3) is 0.286. The molecule has 0 saturated heterocycles. The zero-order chi connectivity index (χ0) is 14.1. The quantitative estimate of drug-likeness (QED) is 0.887. The monoisotopic (exact) mass is 277 g/mol. The summed E-state index contributed by atoms with van der Waals surface area (Å²) >= 11 is 0. The van der Waals surface area contributed by atoms with E-state index in [1.807, 2.05) is 0 Å².